The predicted molar refractivity (Wildman–Crippen MR) is 118 cm³/mol. The van der Waals surface area contributed by atoms with Gasteiger partial charge in [-0.3, -0.25) is 9.59 Å². The maximum absolute atomic E-state index is 13.2. The molecule has 3 rings (SSSR count). The second kappa shape index (κ2) is 9.71. The van der Waals surface area contributed by atoms with Crippen molar-refractivity contribution in [2.24, 2.45) is 5.92 Å². The molecule has 0 unspecified atom stereocenters. The van der Waals surface area contributed by atoms with Crippen molar-refractivity contribution < 1.29 is 19.1 Å². The van der Waals surface area contributed by atoms with Gasteiger partial charge in [0.25, 0.3) is 0 Å². The van der Waals surface area contributed by atoms with Gasteiger partial charge in [0.15, 0.2) is 0 Å². The van der Waals surface area contributed by atoms with Crippen LogP contribution in [-0.2, 0) is 20.9 Å². The number of carbonyl (C=O) groups excluding carboxylic acids is 3. The van der Waals surface area contributed by atoms with Crippen LogP contribution in [0.25, 0.3) is 0 Å². The molecule has 0 spiro atoms. The molecular weight excluding hydrogens is 394 g/mol. The van der Waals surface area contributed by atoms with Crippen molar-refractivity contribution in [2.75, 3.05) is 19.6 Å². The van der Waals surface area contributed by atoms with E-state index in [0.29, 0.717) is 32.6 Å². The van der Waals surface area contributed by atoms with Crippen LogP contribution in [-0.4, -0.2) is 59.0 Å². The average Bonchev–Trinajstić information content (AvgIpc) is 3.21. The van der Waals surface area contributed by atoms with Crippen LogP contribution in [0.5, 0.6) is 0 Å². The number of likely N-dealkylation sites (tertiary alicyclic amines) is 2. The van der Waals surface area contributed by atoms with E-state index in [2.05, 4.69) is 5.32 Å². The van der Waals surface area contributed by atoms with E-state index in [0.717, 1.165) is 24.8 Å². The molecule has 7 nitrogen and oxygen atoms in total. The first-order chi connectivity index (χ1) is 14.6. The van der Waals surface area contributed by atoms with Crippen molar-refractivity contribution >= 4 is 17.9 Å². The molecule has 0 saturated carbocycles. The van der Waals surface area contributed by atoms with Crippen LogP contribution >= 0.6 is 0 Å². The van der Waals surface area contributed by atoms with E-state index in [1.165, 1.54) is 5.56 Å². The van der Waals surface area contributed by atoms with Crippen LogP contribution in [0.3, 0.4) is 0 Å². The molecule has 1 N–H and O–H groups in total. The lowest BCUT2D eigenvalue weighted by atomic mass is 9.96. The van der Waals surface area contributed by atoms with E-state index < -0.39 is 11.6 Å². The molecule has 2 aliphatic rings. The number of ether oxygens (including phenoxy) is 1. The van der Waals surface area contributed by atoms with Crippen molar-refractivity contribution in [3.63, 3.8) is 0 Å². The molecule has 1 aromatic carbocycles. The van der Waals surface area contributed by atoms with Gasteiger partial charge in [0.1, 0.15) is 11.6 Å². The van der Waals surface area contributed by atoms with Crippen LogP contribution in [0.4, 0.5) is 4.79 Å². The zero-order valence-corrected chi connectivity index (χ0v) is 19.1. The summed E-state index contributed by atoms with van der Waals surface area (Å²) in [5.41, 5.74) is 1.65. The van der Waals surface area contributed by atoms with Crippen molar-refractivity contribution in [3.8, 4) is 0 Å². The Morgan fingerprint density at radius 3 is 2.42 bits per heavy atom. The van der Waals surface area contributed by atoms with Gasteiger partial charge in [0.05, 0.1) is 5.92 Å². The highest BCUT2D eigenvalue weighted by Gasteiger charge is 2.39. The highest BCUT2D eigenvalue weighted by Crippen LogP contribution is 2.26. The van der Waals surface area contributed by atoms with Crippen LogP contribution < -0.4 is 5.32 Å². The molecule has 2 fully saturated rings. The Kier molecular flexibility index (Phi) is 7.23. The minimum Gasteiger partial charge on any atom is -0.444 e. The topological polar surface area (TPSA) is 79.0 Å². The molecule has 2 heterocycles. The smallest absolute Gasteiger partial charge is 0.410 e. The number of hydrogen-bond donors (Lipinski definition) is 1. The van der Waals surface area contributed by atoms with Crippen molar-refractivity contribution in [1.82, 2.24) is 15.1 Å². The summed E-state index contributed by atoms with van der Waals surface area (Å²) in [6.45, 7) is 9.52. The molecule has 3 amide bonds. The van der Waals surface area contributed by atoms with Crippen LogP contribution in [0.15, 0.2) is 24.3 Å². The first kappa shape index (κ1) is 23.1. The van der Waals surface area contributed by atoms with Gasteiger partial charge in [-0.05, 0) is 58.9 Å². The van der Waals surface area contributed by atoms with E-state index in [1.807, 2.05) is 52.0 Å². The molecule has 1 aromatic rings. The van der Waals surface area contributed by atoms with Crippen molar-refractivity contribution in [1.29, 1.82) is 0 Å². The van der Waals surface area contributed by atoms with Crippen molar-refractivity contribution in [3.05, 3.63) is 35.4 Å². The Morgan fingerprint density at radius 1 is 1.06 bits per heavy atom. The first-order valence-corrected chi connectivity index (χ1v) is 11.3. The maximum Gasteiger partial charge on any atom is 0.410 e. The predicted octanol–water partition coefficient (Wildman–Crippen LogP) is 3.25. The van der Waals surface area contributed by atoms with Gasteiger partial charge in [0.2, 0.25) is 11.8 Å². The summed E-state index contributed by atoms with van der Waals surface area (Å²) in [5.74, 6) is -0.417. The van der Waals surface area contributed by atoms with Crippen molar-refractivity contribution in [2.45, 2.75) is 71.6 Å². The Balaban J connectivity index is 1.57. The van der Waals surface area contributed by atoms with Gasteiger partial charge in [-0.2, -0.15) is 0 Å². The van der Waals surface area contributed by atoms with Gasteiger partial charge in [-0.25, -0.2) is 4.79 Å². The number of hydrogen-bond acceptors (Lipinski definition) is 4. The molecule has 0 bridgehead atoms. The molecule has 2 aliphatic heterocycles. The summed E-state index contributed by atoms with van der Waals surface area (Å²) in [5, 5.41) is 2.98. The quantitative estimate of drug-likeness (QED) is 0.797. The number of rotatable bonds is 4. The molecule has 2 atom stereocenters. The lowest BCUT2D eigenvalue weighted by Gasteiger charge is -2.36. The summed E-state index contributed by atoms with van der Waals surface area (Å²) in [6, 6.07) is 7.61. The molecule has 0 radical (unpaired) electrons. The fourth-order valence-corrected chi connectivity index (χ4v) is 4.22. The average molecular weight is 430 g/mol. The van der Waals surface area contributed by atoms with Gasteiger partial charge in [-0.15, -0.1) is 0 Å². The molecule has 2 saturated heterocycles. The third kappa shape index (κ3) is 6.21. The Bertz CT molecular complexity index is 800. The van der Waals surface area contributed by atoms with E-state index >= 15 is 0 Å². The summed E-state index contributed by atoms with van der Waals surface area (Å²) in [6.07, 6.45) is 2.60. The number of nitrogens with one attached hydrogen (secondary N) is 1. The van der Waals surface area contributed by atoms with Gasteiger partial charge >= 0.3 is 6.09 Å². The Labute approximate surface area is 185 Å². The molecular formula is C24H35N3O4. The third-order valence-corrected chi connectivity index (χ3v) is 5.85. The zero-order chi connectivity index (χ0) is 22.6. The van der Waals surface area contributed by atoms with Gasteiger partial charge in [-0.1, -0.05) is 29.8 Å². The lowest BCUT2D eigenvalue weighted by molar-refractivity contribution is -0.143. The van der Waals surface area contributed by atoms with Gasteiger partial charge in [0, 0.05) is 26.2 Å². The van der Waals surface area contributed by atoms with Crippen LogP contribution in [0, 0.1) is 12.8 Å². The second-order valence-corrected chi connectivity index (χ2v) is 9.66. The Morgan fingerprint density at radius 2 is 1.74 bits per heavy atom. The minimum atomic E-state index is -0.566. The summed E-state index contributed by atoms with van der Waals surface area (Å²) < 4.78 is 5.47. The monoisotopic (exact) mass is 429 g/mol. The summed E-state index contributed by atoms with van der Waals surface area (Å²) >= 11 is 0. The third-order valence-electron chi connectivity index (χ3n) is 5.85. The number of carbonyl (C=O) groups is 3. The number of piperidine rings is 1. The number of aryl methyl sites for hydroxylation is 1. The maximum atomic E-state index is 13.2. The first-order valence-electron chi connectivity index (χ1n) is 11.3. The fourth-order valence-electron chi connectivity index (χ4n) is 4.22. The standard InChI is InChI=1S/C24H35N3O4/c1-17-9-11-18(12-10-17)15-25-21(28)20-8-6-14-27(20)22(29)19-7-5-13-26(16-19)23(30)31-24(2,3)4/h9-12,19-20H,5-8,13-16H2,1-4H3,(H,25,28)/t19-,20+/m0/s1. The molecule has 0 aromatic heterocycles. The molecule has 0 aliphatic carbocycles. The molecule has 170 valence electrons. The van der Waals surface area contributed by atoms with E-state index in [1.54, 1.807) is 9.80 Å². The second-order valence-electron chi connectivity index (χ2n) is 9.66. The summed E-state index contributed by atoms with van der Waals surface area (Å²) in [7, 11) is 0. The van der Waals surface area contributed by atoms with E-state index in [-0.39, 0.29) is 23.8 Å². The zero-order valence-electron chi connectivity index (χ0n) is 19.1. The van der Waals surface area contributed by atoms with E-state index in [9.17, 15) is 14.4 Å². The van der Waals surface area contributed by atoms with Crippen LogP contribution in [0.2, 0.25) is 0 Å². The normalized spacial score (nSPS) is 21.7. The number of benzene rings is 1. The molecule has 31 heavy (non-hydrogen) atoms. The minimum absolute atomic E-state index is 0.0266. The highest BCUT2D eigenvalue weighted by atomic mass is 16.6. The highest BCUT2D eigenvalue weighted by molar-refractivity contribution is 5.89. The number of amides is 3. The van der Waals surface area contributed by atoms with Crippen LogP contribution in [0.1, 0.15) is 57.6 Å². The van der Waals surface area contributed by atoms with Gasteiger partial charge < -0.3 is 19.9 Å². The largest absolute Gasteiger partial charge is 0.444 e. The van der Waals surface area contributed by atoms with E-state index in [4.69, 9.17) is 4.74 Å². The molecule has 7 heteroatoms. The Hall–Kier alpha value is -2.57. The summed E-state index contributed by atoms with van der Waals surface area (Å²) in [4.78, 5) is 41.8. The number of nitrogens with zero attached hydrogens (tertiary/aromatic N) is 2. The SMILES string of the molecule is Cc1ccc(CNC(=O)[C@H]2CCCN2C(=O)[C@H]2CCCN(C(=O)OC(C)(C)C)C2)cc1. The fraction of sp³-hybridized carbons (Fsp3) is 0.625. The lowest BCUT2D eigenvalue weighted by Crippen LogP contribution is -2.51.